The maximum Gasteiger partial charge on any atom is 0.300 e. The number of ketones is 1. The van der Waals surface area contributed by atoms with E-state index in [0.717, 1.165) is 17.5 Å². The number of Topliss-reactive ketones (excluding diaryl/α,β-unsaturated/α-hetero) is 1. The van der Waals surface area contributed by atoms with Crippen molar-refractivity contribution in [1.29, 1.82) is 0 Å². The van der Waals surface area contributed by atoms with Gasteiger partial charge in [-0.2, -0.15) is 0 Å². The Morgan fingerprint density at radius 3 is 2.34 bits per heavy atom. The van der Waals surface area contributed by atoms with Crippen LogP contribution in [0.3, 0.4) is 0 Å². The zero-order chi connectivity index (χ0) is 22.7. The lowest BCUT2D eigenvalue weighted by atomic mass is 9.94. The molecular weight excluding hydrogens is 402 g/mol. The summed E-state index contributed by atoms with van der Waals surface area (Å²) in [5.41, 5.74) is 2.89. The number of anilines is 1. The molecule has 1 fully saturated rings. The third-order valence-electron chi connectivity index (χ3n) is 5.44. The van der Waals surface area contributed by atoms with Crippen molar-refractivity contribution in [2.24, 2.45) is 0 Å². The molecule has 32 heavy (non-hydrogen) atoms. The molecule has 5 nitrogen and oxygen atoms in total. The highest BCUT2D eigenvalue weighted by atomic mass is 16.5. The van der Waals surface area contributed by atoms with Gasteiger partial charge in [0.05, 0.1) is 18.2 Å². The van der Waals surface area contributed by atoms with Crippen LogP contribution >= 0.6 is 0 Å². The monoisotopic (exact) mass is 427 g/mol. The summed E-state index contributed by atoms with van der Waals surface area (Å²) in [7, 11) is 0. The zero-order valence-electron chi connectivity index (χ0n) is 18.1. The van der Waals surface area contributed by atoms with Gasteiger partial charge >= 0.3 is 0 Å². The van der Waals surface area contributed by atoms with Crippen molar-refractivity contribution in [3.63, 3.8) is 0 Å². The van der Waals surface area contributed by atoms with Crippen LogP contribution in [0, 0.1) is 6.92 Å². The predicted octanol–water partition coefficient (Wildman–Crippen LogP) is 5.41. The predicted molar refractivity (Wildman–Crippen MR) is 125 cm³/mol. The fraction of sp³-hybridized carbons (Fsp3) is 0.185. The quantitative estimate of drug-likeness (QED) is 0.324. The van der Waals surface area contributed by atoms with Gasteiger partial charge in [0.15, 0.2) is 0 Å². The van der Waals surface area contributed by atoms with Gasteiger partial charge in [0.25, 0.3) is 11.7 Å². The van der Waals surface area contributed by atoms with Gasteiger partial charge in [-0.15, -0.1) is 0 Å². The van der Waals surface area contributed by atoms with E-state index in [1.807, 2.05) is 56.3 Å². The van der Waals surface area contributed by atoms with Crippen LogP contribution in [0.2, 0.25) is 0 Å². The number of carbonyl (C=O) groups excluding carboxylic acids is 2. The van der Waals surface area contributed by atoms with E-state index in [1.165, 1.54) is 4.90 Å². The van der Waals surface area contributed by atoms with Gasteiger partial charge in [0, 0.05) is 11.3 Å². The number of ether oxygens (including phenoxy) is 1. The Bertz CT molecular complexity index is 1170. The van der Waals surface area contributed by atoms with Crippen LogP contribution in [0.4, 0.5) is 5.69 Å². The van der Waals surface area contributed by atoms with Gasteiger partial charge in [-0.25, -0.2) is 0 Å². The minimum absolute atomic E-state index is 0.0756. The molecule has 0 aliphatic carbocycles. The lowest BCUT2D eigenvalue weighted by Crippen LogP contribution is -2.29. The second kappa shape index (κ2) is 9.10. The second-order valence-corrected chi connectivity index (χ2v) is 7.79. The molecule has 0 aromatic heterocycles. The first kappa shape index (κ1) is 21.4. The third-order valence-corrected chi connectivity index (χ3v) is 5.44. The molecule has 0 spiro atoms. The molecule has 4 rings (SSSR count). The minimum atomic E-state index is -0.728. The zero-order valence-corrected chi connectivity index (χ0v) is 18.1. The van der Waals surface area contributed by atoms with Crippen LogP contribution in [0.5, 0.6) is 5.75 Å². The van der Waals surface area contributed by atoms with Crippen molar-refractivity contribution in [3.8, 4) is 5.75 Å². The van der Waals surface area contributed by atoms with Crippen LogP contribution in [0.15, 0.2) is 84.4 Å². The lowest BCUT2D eigenvalue weighted by Gasteiger charge is -2.25. The van der Waals surface area contributed by atoms with E-state index >= 15 is 0 Å². The number of amides is 1. The molecule has 0 bridgehead atoms. The van der Waals surface area contributed by atoms with Gasteiger partial charge in [0.1, 0.15) is 11.5 Å². The van der Waals surface area contributed by atoms with Crippen LogP contribution < -0.4 is 9.64 Å². The van der Waals surface area contributed by atoms with E-state index in [-0.39, 0.29) is 11.3 Å². The highest BCUT2D eigenvalue weighted by Crippen LogP contribution is 2.42. The Hall–Kier alpha value is -3.86. The smallest absolute Gasteiger partial charge is 0.300 e. The van der Waals surface area contributed by atoms with Crippen molar-refractivity contribution in [2.75, 3.05) is 11.5 Å². The number of nitrogens with zero attached hydrogens (tertiary/aromatic N) is 1. The van der Waals surface area contributed by atoms with E-state index in [2.05, 4.69) is 0 Å². The Morgan fingerprint density at radius 1 is 0.969 bits per heavy atom. The number of aliphatic hydroxyl groups is 1. The van der Waals surface area contributed by atoms with Crippen LogP contribution in [0.25, 0.3) is 5.76 Å². The first-order valence-corrected chi connectivity index (χ1v) is 10.7. The summed E-state index contributed by atoms with van der Waals surface area (Å²) in [5, 5.41) is 11.2. The maximum absolute atomic E-state index is 13.1. The standard InChI is InChI=1S/C27H25NO4/c1-3-16-32-22-14-12-19(13-15-22)25(29)23-24(20-9-7-8-18(2)17-20)28(27(31)26(23)30)21-10-5-4-6-11-21/h4-15,17,24,29H,3,16H2,1-2H3/b25-23-. The molecule has 1 unspecified atom stereocenters. The van der Waals surface area contributed by atoms with Crippen molar-refractivity contribution in [3.05, 3.63) is 101 Å². The van der Waals surface area contributed by atoms with E-state index < -0.39 is 17.7 Å². The van der Waals surface area contributed by atoms with Crippen molar-refractivity contribution in [2.45, 2.75) is 26.3 Å². The summed E-state index contributed by atoms with van der Waals surface area (Å²) < 4.78 is 5.61. The Balaban J connectivity index is 1.85. The number of aryl methyl sites for hydroxylation is 1. The molecule has 1 amide bonds. The second-order valence-electron chi connectivity index (χ2n) is 7.79. The molecule has 1 aliphatic heterocycles. The number of carbonyl (C=O) groups is 2. The molecule has 162 valence electrons. The van der Waals surface area contributed by atoms with Crippen molar-refractivity contribution < 1.29 is 19.4 Å². The fourth-order valence-electron chi connectivity index (χ4n) is 3.93. The number of hydrogen-bond donors (Lipinski definition) is 1. The minimum Gasteiger partial charge on any atom is -0.507 e. The van der Waals surface area contributed by atoms with Crippen LogP contribution in [-0.2, 0) is 9.59 Å². The summed E-state index contributed by atoms with van der Waals surface area (Å²) in [6.45, 7) is 4.57. The molecule has 0 saturated carbocycles. The summed E-state index contributed by atoms with van der Waals surface area (Å²) in [4.78, 5) is 27.7. The molecule has 1 heterocycles. The molecule has 1 saturated heterocycles. The van der Waals surface area contributed by atoms with E-state index in [1.54, 1.807) is 36.4 Å². The number of aliphatic hydroxyl groups excluding tert-OH is 1. The summed E-state index contributed by atoms with van der Waals surface area (Å²) in [5.74, 6) is -0.880. The Kier molecular flexibility index (Phi) is 6.08. The van der Waals surface area contributed by atoms with Crippen molar-refractivity contribution >= 4 is 23.1 Å². The highest BCUT2D eigenvalue weighted by molar-refractivity contribution is 6.51. The molecule has 1 atom stereocenters. The molecular formula is C27H25NO4. The normalized spacial score (nSPS) is 17.6. The van der Waals surface area contributed by atoms with Gasteiger partial charge in [-0.3, -0.25) is 14.5 Å². The van der Waals surface area contributed by atoms with Gasteiger partial charge in [-0.05, 0) is 55.3 Å². The van der Waals surface area contributed by atoms with Crippen LogP contribution in [-0.4, -0.2) is 23.4 Å². The van der Waals surface area contributed by atoms with E-state index in [4.69, 9.17) is 4.74 Å². The molecule has 1 aliphatic rings. The molecule has 5 heteroatoms. The SMILES string of the molecule is CCCOc1ccc(/C(O)=C2/C(=O)C(=O)N(c3ccccc3)C2c2cccc(C)c2)cc1. The number of rotatable bonds is 6. The highest BCUT2D eigenvalue weighted by Gasteiger charge is 2.46. The summed E-state index contributed by atoms with van der Waals surface area (Å²) in [6.07, 6.45) is 0.890. The molecule has 3 aromatic rings. The molecule has 1 N–H and O–H groups in total. The molecule has 0 radical (unpaired) electrons. The average molecular weight is 428 g/mol. The Morgan fingerprint density at radius 2 is 1.69 bits per heavy atom. The number of benzene rings is 3. The lowest BCUT2D eigenvalue weighted by molar-refractivity contribution is -0.132. The van der Waals surface area contributed by atoms with E-state index in [9.17, 15) is 14.7 Å². The maximum atomic E-state index is 13.1. The van der Waals surface area contributed by atoms with Gasteiger partial charge < -0.3 is 9.84 Å². The Labute approximate surface area is 187 Å². The largest absolute Gasteiger partial charge is 0.507 e. The van der Waals surface area contributed by atoms with E-state index in [0.29, 0.717) is 23.6 Å². The first-order chi connectivity index (χ1) is 15.5. The van der Waals surface area contributed by atoms with Crippen LogP contribution in [0.1, 0.15) is 36.1 Å². The first-order valence-electron chi connectivity index (χ1n) is 10.7. The van der Waals surface area contributed by atoms with Gasteiger partial charge in [-0.1, -0.05) is 55.0 Å². The number of hydrogen-bond acceptors (Lipinski definition) is 4. The number of para-hydroxylation sites is 1. The fourth-order valence-corrected chi connectivity index (χ4v) is 3.93. The third kappa shape index (κ3) is 4.02. The van der Waals surface area contributed by atoms with Gasteiger partial charge in [0.2, 0.25) is 0 Å². The summed E-state index contributed by atoms with van der Waals surface area (Å²) >= 11 is 0. The average Bonchev–Trinajstić information content (AvgIpc) is 3.08. The van der Waals surface area contributed by atoms with Crippen molar-refractivity contribution in [1.82, 2.24) is 0 Å². The molecule has 3 aromatic carbocycles. The topological polar surface area (TPSA) is 66.8 Å². The summed E-state index contributed by atoms with van der Waals surface area (Å²) in [6, 6.07) is 22.9.